The van der Waals surface area contributed by atoms with Gasteiger partial charge in [-0.1, -0.05) is 0 Å². The molecular formula is C12H13BrFN3. The van der Waals surface area contributed by atoms with Gasteiger partial charge in [0.1, 0.15) is 11.3 Å². The van der Waals surface area contributed by atoms with E-state index in [4.69, 9.17) is 0 Å². The molecule has 0 atom stereocenters. The third kappa shape index (κ3) is 1.73. The number of aromatic nitrogens is 2. The Balaban J connectivity index is 2.20. The maximum atomic E-state index is 13.4. The van der Waals surface area contributed by atoms with Crippen LogP contribution in [0.5, 0.6) is 0 Å². The molecule has 3 nitrogen and oxygen atoms in total. The minimum absolute atomic E-state index is 0.236. The molecule has 0 aliphatic carbocycles. The minimum atomic E-state index is -0.236. The number of fused-ring (bicyclic) bond motifs is 1. The van der Waals surface area contributed by atoms with Crippen LogP contribution in [0.4, 0.5) is 10.3 Å². The van der Waals surface area contributed by atoms with Crippen LogP contribution in [0.3, 0.4) is 0 Å². The van der Waals surface area contributed by atoms with Gasteiger partial charge in [-0.2, -0.15) is 0 Å². The monoisotopic (exact) mass is 297 g/mol. The lowest BCUT2D eigenvalue weighted by Crippen LogP contribution is -2.21. The highest BCUT2D eigenvalue weighted by atomic mass is 79.9. The van der Waals surface area contributed by atoms with Crippen molar-refractivity contribution in [2.24, 2.45) is 7.05 Å². The molecule has 1 fully saturated rings. The fraction of sp³-hybridized carbons (Fsp3) is 0.417. The highest BCUT2D eigenvalue weighted by Gasteiger charge is 2.19. The maximum Gasteiger partial charge on any atom is 0.206 e. The van der Waals surface area contributed by atoms with Gasteiger partial charge >= 0.3 is 0 Å². The smallest absolute Gasteiger partial charge is 0.206 e. The summed E-state index contributed by atoms with van der Waals surface area (Å²) in [6.07, 6.45) is 2.41. The van der Waals surface area contributed by atoms with Gasteiger partial charge in [-0.15, -0.1) is 0 Å². The van der Waals surface area contributed by atoms with Crippen molar-refractivity contribution in [1.29, 1.82) is 0 Å². The number of imidazole rings is 1. The summed E-state index contributed by atoms with van der Waals surface area (Å²) in [6.45, 7) is 2.08. The second kappa shape index (κ2) is 3.98. The quantitative estimate of drug-likeness (QED) is 0.807. The van der Waals surface area contributed by atoms with Gasteiger partial charge in [0, 0.05) is 24.6 Å². The zero-order valence-electron chi connectivity index (χ0n) is 9.58. The lowest BCUT2D eigenvalue weighted by Gasteiger charge is -2.15. The molecule has 5 heteroatoms. The third-order valence-electron chi connectivity index (χ3n) is 3.27. The van der Waals surface area contributed by atoms with Crippen molar-refractivity contribution in [2.75, 3.05) is 18.0 Å². The molecule has 0 saturated carbocycles. The third-order valence-corrected chi connectivity index (χ3v) is 3.87. The van der Waals surface area contributed by atoms with Crippen molar-refractivity contribution in [3.63, 3.8) is 0 Å². The normalized spacial score (nSPS) is 16.1. The number of anilines is 1. The summed E-state index contributed by atoms with van der Waals surface area (Å²) in [5.74, 6) is 0.698. The molecule has 1 saturated heterocycles. The van der Waals surface area contributed by atoms with Gasteiger partial charge in [0.15, 0.2) is 0 Å². The molecule has 2 heterocycles. The van der Waals surface area contributed by atoms with Gasteiger partial charge in [-0.3, -0.25) is 0 Å². The molecule has 17 heavy (non-hydrogen) atoms. The number of nitrogens with zero attached hydrogens (tertiary/aromatic N) is 3. The Hall–Kier alpha value is -1.10. The van der Waals surface area contributed by atoms with E-state index in [1.807, 2.05) is 11.6 Å². The Bertz CT molecular complexity index is 573. The van der Waals surface area contributed by atoms with E-state index in [0.717, 1.165) is 30.1 Å². The first-order valence-electron chi connectivity index (χ1n) is 5.73. The van der Waals surface area contributed by atoms with Gasteiger partial charge in [-0.25, -0.2) is 9.37 Å². The molecule has 1 aliphatic heterocycles. The van der Waals surface area contributed by atoms with Crippen molar-refractivity contribution in [3.8, 4) is 0 Å². The maximum absolute atomic E-state index is 13.4. The van der Waals surface area contributed by atoms with Crippen molar-refractivity contribution >= 4 is 32.9 Å². The summed E-state index contributed by atoms with van der Waals surface area (Å²) < 4.78 is 16.1. The Kier molecular flexibility index (Phi) is 2.58. The van der Waals surface area contributed by atoms with Crippen molar-refractivity contribution in [1.82, 2.24) is 9.55 Å². The molecule has 90 valence electrons. The predicted octanol–water partition coefficient (Wildman–Crippen LogP) is 3.08. The molecule has 0 spiro atoms. The Morgan fingerprint density at radius 2 is 2.00 bits per heavy atom. The molecule has 0 amide bonds. The summed E-state index contributed by atoms with van der Waals surface area (Å²) >= 11 is 3.37. The van der Waals surface area contributed by atoms with E-state index in [9.17, 15) is 4.39 Å². The molecule has 0 bridgehead atoms. The van der Waals surface area contributed by atoms with Crippen LogP contribution in [0.2, 0.25) is 0 Å². The number of hydrogen-bond acceptors (Lipinski definition) is 2. The number of hydrogen-bond donors (Lipinski definition) is 0. The molecular weight excluding hydrogens is 285 g/mol. The lowest BCUT2D eigenvalue weighted by molar-refractivity contribution is 0.628. The average molecular weight is 298 g/mol. The van der Waals surface area contributed by atoms with Crippen LogP contribution < -0.4 is 4.90 Å². The highest BCUT2D eigenvalue weighted by molar-refractivity contribution is 9.10. The van der Waals surface area contributed by atoms with Crippen LogP contribution in [0, 0.1) is 5.82 Å². The van der Waals surface area contributed by atoms with E-state index < -0.39 is 0 Å². The zero-order valence-corrected chi connectivity index (χ0v) is 11.2. The van der Waals surface area contributed by atoms with Crippen LogP contribution >= 0.6 is 15.9 Å². The number of rotatable bonds is 1. The number of benzene rings is 1. The predicted molar refractivity (Wildman–Crippen MR) is 69.8 cm³/mol. The Morgan fingerprint density at radius 3 is 2.71 bits per heavy atom. The molecule has 1 aliphatic rings. The van der Waals surface area contributed by atoms with Gasteiger partial charge < -0.3 is 9.47 Å². The standard InChI is InChI=1S/C12H13BrFN3/c1-16-10-7-8(14)6-9(13)11(10)15-12(16)17-4-2-3-5-17/h6-7H,2-5H2,1H3. The Labute approximate surface area is 107 Å². The average Bonchev–Trinajstić information content (AvgIpc) is 2.87. The second-order valence-corrected chi connectivity index (χ2v) is 5.27. The molecule has 2 aromatic rings. The number of halogens is 2. The van der Waals surface area contributed by atoms with E-state index in [0.29, 0.717) is 4.47 Å². The molecule has 1 aromatic carbocycles. The summed E-state index contributed by atoms with van der Waals surface area (Å²) in [6, 6.07) is 3.00. The molecule has 1 aromatic heterocycles. The van der Waals surface area contributed by atoms with Gasteiger partial charge in [0.25, 0.3) is 0 Å². The first kappa shape index (κ1) is 11.0. The van der Waals surface area contributed by atoms with Crippen LogP contribution in [0.1, 0.15) is 12.8 Å². The summed E-state index contributed by atoms with van der Waals surface area (Å²) in [5, 5.41) is 0. The molecule has 0 radical (unpaired) electrons. The van der Waals surface area contributed by atoms with Gasteiger partial charge in [-0.05, 0) is 40.9 Å². The van der Waals surface area contributed by atoms with E-state index >= 15 is 0 Å². The lowest BCUT2D eigenvalue weighted by atomic mass is 10.3. The molecule has 3 rings (SSSR count). The van der Waals surface area contributed by atoms with Gasteiger partial charge in [0.05, 0.1) is 5.52 Å². The van der Waals surface area contributed by atoms with Gasteiger partial charge in [0.2, 0.25) is 5.95 Å². The molecule has 0 N–H and O–H groups in total. The SMILES string of the molecule is Cn1c(N2CCCC2)nc2c(Br)cc(F)cc21. The van der Waals surface area contributed by atoms with Crippen molar-refractivity contribution < 1.29 is 4.39 Å². The van der Waals surface area contributed by atoms with E-state index in [-0.39, 0.29) is 5.82 Å². The fourth-order valence-corrected chi connectivity index (χ4v) is 2.91. The highest BCUT2D eigenvalue weighted by Crippen LogP contribution is 2.29. The van der Waals surface area contributed by atoms with E-state index in [2.05, 4.69) is 25.8 Å². The second-order valence-electron chi connectivity index (χ2n) is 4.42. The van der Waals surface area contributed by atoms with Crippen molar-refractivity contribution in [3.05, 3.63) is 22.4 Å². The van der Waals surface area contributed by atoms with E-state index in [1.54, 1.807) is 0 Å². The number of aryl methyl sites for hydroxylation is 1. The van der Waals surface area contributed by atoms with Crippen molar-refractivity contribution in [2.45, 2.75) is 12.8 Å². The fourth-order valence-electron chi connectivity index (χ4n) is 2.40. The van der Waals surface area contributed by atoms with Crippen LogP contribution in [0.25, 0.3) is 11.0 Å². The largest absolute Gasteiger partial charge is 0.342 e. The summed E-state index contributed by atoms with van der Waals surface area (Å²) in [4.78, 5) is 6.86. The van der Waals surface area contributed by atoms with Crippen LogP contribution in [-0.2, 0) is 7.05 Å². The topological polar surface area (TPSA) is 21.1 Å². The first-order valence-corrected chi connectivity index (χ1v) is 6.52. The van der Waals surface area contributed by atoms with E-state index in [1.165, 1.54) is 25.0 Å². The van der Waals surface area contributed by atoms with Crippen LogP contribution in [-0.4, -0.2) is 22.6 Å². The zero-order chi connectivity index (χ0) is 12.0. The summed E-state index contributed by atoms with van der Waals surface area (Å²) in [7, 11) is 1.94. The Morgan fingerprint density at radius 1 is 1.29 bits per heavy atom. The summed E-state index contributed by atoms with van der Waals surface area (Å²) in [5.41, 5.74) is 1.66. The minimum Gasteiger partial charge on any atom is -0.342 e. The molecule has 0 unspecified atom stereocenters. The van der Waals surface area contributed by atoms with Crippen LogP contribution in [0.15, 0.2) is 16.6 Å². The first-order chi connectivity index (χ1) is 8.16.